The lowest BCUT2D eigenvalue weighted by Gasteiger charge is -2.21. The van der Waals surface area contributed by atoms with Crippen LogP contribution in [-0.4, -0.2) is 21.8 Å². The monoisotopic (exact) mass is 397 g/mol. The predicted molar refractivity (Wildman–Crippen MR) is 96.0 cm³/mol. The number of rotatable bonds is 4. The summed E-state index contributed by atoms with van der Waals surface area (Å²) in [7, 11) is -9.07. The van der Waals surface area contributed by atoms with E-state index in [1.54, 1.807) is 24.3 Å². The van der Waals surface area contributed by atoms with E-state index in [1.807, 2.05) is 0 Å². The summed E-state index contributed by atoms with van der Waals surface area (Å²) in [5.41, 5.74) is 0.209. The number of benzene rings is 2. The van der Waals surface area contributed by atoms with E-state index in [9.17, 15) is 16.8 Å². The number of nitrogens with two attached hydrogens (primary N) is 1. The second-order valence-corrected chi connectivity index (χ2v) is 8.89. The van der Waals surface area contributed by atoms with E-state index in [4.69, 9.17) is 16.7 Å². The van der Waals surface area contributed by atoms with Crippen LogP contribution in [0.25, 0.3) is 10.9 Å². The summed E-state index contributed by atoms with van der Waals surface area (Å²) in [6.45, 7) is 0. The quantitative estimate of drug-likeness (QED) is 0.726. The molecule has 0 aliphatic carbocycles. The zero-order chi connectivity index (χ0) is 18.2. The zero-order valence-electron chi connectivity index (χ0n) is 12.6. The first-order valence-electron chi connectivity index (χ1n) is 6.89. The van der Waals surface area contributed by atoms with Crippen molar-refractivity contribution in [2.45, 2.75) is 4.90 Å². The lowest BCUT2D eigenvalue weighted by atomic mass is 10.2. The van der Waals surface area contributed by atoms with Crippen molar-refractivity contribution in [2.75, 3.05) is 3.71 Å². The van der Waals surface area contributed by atoms with Gasteiger partial charge in [0.15, 0.2) is 0 Å². The maximum absolute atomic E-state index is 12.8. The number of hydrogen-bond acceptors (Lipinski definition) is 5. The first-order chi connectivity index (χ1) is 11.7. The standard InChI is InChI=1S/C15H12ClN3O4S2/c16-14-8-4-5-11-9-12(10-18-15(11)14)19(25(17,22)23)24(20,21)13-6-2-1-3-7-13/h1-10H,(H2,17,22,23). The molecule has 7 nitrogen and oxygen atoms in total. The van der Waals surface area contributed by atoms with Gasteiger partial charge in [-0.3, -0.25) is 4.98 Å². The fourth-order valence-electron chi connectivity index (χ4n) is 2.32. The number of hydrogen-bond donors (Lipinski definition) is 1. The summed E-state index contributed by atoms with van der Waals surface area (Å²) in [4.78, 5) is 3.85. The van der Waals surface area contributed by atoms with E-state index in [1.165, 1.54) is 30.3 Å². The third-order valence-electron chi connectivity index (χ3n) is 3.35. The molecule has 3 aromatic rings. The molecule has 2 N–H and O–H groups in total. The Morgan fingerprint density at radius 3 is 2.28 bits per heavy atom. The van der Waals surface area contributed by atoms with Crippen molar-refractivity contribution in [3.63, 3.8) is 0 Å². The molecule has 0 aliphatic heterocycles. The van der Waals surface area contributed by atoms with Crippen molar-refractivity contribution >= 4 is 48.4 Å². The van der Waals surface area contributed by atoms with E-state index in [0.717, 1.165) is 6.20 Å². The van der Waals surface area contributed by atoms with Crippen LogP contribution in [0, 0.1) is 0 Å². The second kappa shape index (κ2) is 6.26. The maximum atomic E-state index is 12.8. The molecule has 0 aliphatic rings. The molecule has 0 unspecified atom stereocenters. The number of halogens is 1. The lowest BCUT2D eigenvalue weighted by Crippen LogP contribution is -2.41. The Morgan fingerprint density at radius 2 is 1.64 bits per heavy atom. The van der Waals surface area contributed by atoms with Crippen LogP contribution in [0.5, 0.6) is 0 Å². The minimum atomic E-state index is -4.63. The Kier molecular flexibility index (Phi) is 4.41. The van der Waals surface area contributed by atoms with Crippen molar-refractivity contribution in [2.24, 2.45) is 5.14 Å². The van der Waals surface area contributed by atoms with Gasteiger partial charge in [-0.25, -0.2) is 5.14 Å². The molecule has 0 amide bonds. The smallest absolute Gasteiger partial charge is 0.252 e. The third-order valence-corrected chi connectivity index (χ3v) is 7.05. The van der Waals surface area contributed by atoms with Gasteiger partial charge in [0.2, 0.25) is 0 Å². The Hall–Kier alpha value is -2.20. The molecular weight excluding hydrogens is 386 g/mol. The van der Waals surface area contributed by atoms with E-state index in [0.29, 0.717) is 15.9 Å². The van der Waals surface area contributed by atoms with E-state index >= 15 is 0 Å². The number of pyridine rings is 1. The van der Waals surface area contributed by atoms with Crippen molar-refractivity contribution in [1.29, 1.82) is 0 Å². The Labute approximate surface area is 149 Å². The highest BCUT2D eigenvalue weighted by Crippen LogP contribution is 2.29. The zero-order valence-corrected chi connectivity index (χ0v) is 15.0. The molecule has 0 fully saturated rings. The SMILES string of the molecule is NS(=O)(=O)N(c1cnc2c(Cl)cccc2c1)S(=O)(=O)c1ccccc1. The normalized spacial score (nSPS) is 12.2. The van der Waals surface area contributed by atoms with Crippen LogP contribution in [0.2, 0.25) is 5.02 Å². The van der Waals surface area contributed by atoms with Gasteiger partial charge in [0.25, 0.3) is 10.0 Å². The highest BCUT2D eigenvalue weighted by atomic mass is 35.5. The van der Waals surface area contributed by atoms with Gasteiger partial charge in [0.1, 0.15) is 0 Å². The van der Waals surface area contributed by atoms with Gasteiger partial charge in [0, 0.05) is 5.39 Å². The fraction of sp³-hybridized carbons (Fsp3) is 0. The minimum Gasteiger partial charge on any atom is -0.252 e. The van der Waals surface area contributed by atoms with E-state index in [2.05, 4.69) is 4.98 Å². The van der Waals surface area contributed by atoms with E-state index < -0.39 is 20.2 Å². The summed E-state index contributed by atoms with van der Waals surface area (Å²) in [6.07, 6.45) is 1.10. The van der Waals surface area contributed by atoms with Crippen LogP contribution in [0.15, 0.2) is 65.7 Å². The molecule has 1 heterocycles. The number of nitrogens with zero attached hydrogens (tertiary/aromatic N) is 2. The topological polar surface area (TPSA) is 110 Å². The minimum absolute atomic E-state index is 0.155. The fourth-order valence-corrected chi connectivity index (χ4v) is 5.37. The second-order valence-electron chi connectivity index (χ2n) is 5.07. The first kappa shape index (κ1) is 17.6. The molecular formula is C15H12ClN3O4S2. The van der Waals surface area contributed by atoms with Crippen molar-refractivity contribution in [3.05, 3.63) is 65.8 Å². The summed E-state index contributed by atoms with van der Waals surface area (Å²) in [6, 6.07) is 13.4. The van der Waals surface area contributed by atoms with Gasteiger partial charge < -0.3 is 0 Å². The van der Waals surface area contributed by atoms with Crippen LogP contribution in [0.1, 0.15) is 0 Å². The molecule has 3 rings (SSSR count). The van der Waals surface area contributed by atoms with E-state index in [-0.39, 0.29) is 14.3 Å². The van der Waals surface area contributed by atoms with Crippen molar-refractivity contribution in [3.8, 4) is 0 Å². The molecule has 0 spiro atoms. The van der Waals surface area contributed by atoms with Gasteiger partial charge in [-0.2, -0.15) is 16.8 Å². The Balaban J connectivity index is 2.25. The van der Waals surface area contributed by atoms with Gasteiger partial charge in [-0.15, -0.1) is 3.71 Å². The first-order valence-corrected chi connectivity index (χ1v) is 10.2. The summed E-state index contributed by atoms with van der Waals surface area (Å²) >= 11 is 6.03. The number of para-hydroxylation sites is 1. The summed E-state index contributed by atoms with van der Waals surface area (Å²) in [5.74, 6) is 0. The van der Waals surface area contributed by atoms with Crippen LogP contribution < -0.4 is 8.85 Å². The molecule has 0 atom stereocenters. The Morgan fingerprint density at radius 1 is 0.960 bits per heavy atom. The van der Waals surface area contributed by atoms with Crippen LogP contribution in [-0.2, 0) is 20.2 Å². The molecule has 0 saturated carbocycles. The highest BCUT2D eigenvalue weighted by Gasteiger charge is 2.33. The van der Waals surface area contributed by atoms with Crippen LogP contribution >= 0.6 is 11.6 Å². The molecule has 1 aromatic heterocycles. The molecule has 25 heavy (non-hydrogen) atoms. The number of sulfonamides is 1. The van der Waals surface area contributed by atoms with Gasteiger partial charge in [-0.05, 0) is 24.3 Å². The number of fused-ring (bicyclic) bond motifs is 1. The van der Waals surface area contributed by atoms with Gasteiger partial charge >= 0.3 is 10.2 Å². The average molecular weight is 398 g/mol. The third kappa shape index (κ3) is 3.31. The summed E-state index contributed by atoms with van der Waals surface area (Å²) < 4.78 is 49.8. The largest absolute Gasteiger partial charge is 0.312 e. The molecule has 10 heteroatoms. The predicted octanol–water partition coefficient (Wildman–Crippen LogP) is 2.29. The number of aromatic nitrogens is 1. The number of anilines is 1. The molecule has 0 bridgehead atoms. The highest BCUT2D eigenvalue weighted by molar-refractivity contribution is 8.09. The summed E-state index contributed by atoms with van der Waals surface area (Å²) in [5, 5.41) is 6.01. The molecule has 2 aromatic carbocycles. The molecule has 130 valence electrons. The van der Waals surface area contributed by atoms with Gasteiger partial charge in [-0.1, -0.05) is 41.9 Å². The van der Waals surface area contributed by atoms with Crippen molar-refractivity contribution in [1.82, 2.24) is 4.98 Å². The Bertz CT molecular complexity index is 1150. The van der Waals surface area contributed by atoms with Crippen LogP contribution in [0.3, 0.4) is 0 Å². The van der Waals surface area contributed by atoms with Crippen molar-refractivity contribution < 1.29 is 16.8 Å². The molecule has 0 saturated heterocycles. The lowest BCUT2D eigenvalue weighted by molar-refractivity contribution is 0.585. The van der Waals surface area contributed by atoms with Crippen LogP contribution in [0.4, 0.5) is 5.69 Å². The van der Waals surface area contributed by atoms with Gasteiger partial charge in [0.05, 0.1) is 27.3 Å². The average Bonchev–Trinajstić information content (AvgIpc) is 2.54. The molecule has 0 radical (unpaired) electrons. The maximum Gasteiger partial charge on any atom is 0.312 e.